The minimum Gasteiger partial charge on any atom is -0.0622 e. The lowest BCUT2D eigenvalue weighted by Crippen LogP contribution is -2.28. The third kappa shape index (κ3) is 3.50. The summed E-state index contributed by atoms with van der Waals surface area (Å²) in [6.07, 6.45) is 0. The van der Waals surface area contributed by atoms with Gasteiger partial charge < -0.3 is 0 Å². The highest BCUT2D eigenvalue weighted by Crippen LogP contribution is 2.59. The molecule has 0 fully saturated rings. The van der Waals surface area contributed by atoms with E-state index in [2.05, 4.69) is 155 Å². The van der Waals surface area contributed by atoms with Gasteiger partial charge in [0.2, 0.25) is 0 Å². The normalized spacial score (nSPS) is 16.3. The largest absolute Gasteiger partial charge is 0.0622 e. The molecule has 0 atom stereocenters. The number of hydrogen-bond donors (Lipinski definition) is 0. The Labute approximate surface area is 237 Å². The second kappa shape index (κ2) is 8.93. The predicted molar refractivity (Wildman–Crippen MR) is 165 cm³/mol. The van der Waals surface area contributed by atoms with Gasteiger partial charge in [-0.3, -0.25) is 0 Å². The summed E-state index contributed by atoms with van der Waals surface area (Å²) < 4.78 is 1.20. The lowest BCUT2D eigenvalue weighted by molar-refractivity contribution is 0.752. The fourth-order valence-electron chi connectivity index (χ4n) is 6.85. The molecule has 0 amide bonds. The summed E-state index contributed by atoms with van der Waals surface area (Å²) >= 11 is 3.97. The Morgan fingerprint density at radius 2 is 0.821 bits per heavy atom. The molecule has 0 aliphatic heterocycles. The van der Waals surface area contributed by atoms with Crippen molar-refractivity contribution < 1.29 is 0 Å². The summed E-state index contributed by atoms with van der Waals surface area (Å²) in [6.45, 7) is 0. The van der Waals surface area contributed by atoms with Crippen LogP contribution in [0.25, 0.3) is 33.4 Å². The zero-order chi connectivity index (χ0) is 25.9. The first-order valence-electron chi connectivity index (χ1n) is 13.5. The summed E-state index contributed by atoms with van der Waals surface area (Å²) in [6, 6.07) is 51.2. The Balaban J connectivity index is 1.27. The molecular weight excluding hydrogens is 536 g/mol. The van der Waals surface area contributed by atoms with Crippen LogP contribution in [0.4, 0.5) is 0 Å². The highest BCUT2D eigenvalue weighted by molar-refractivity contribution is 9.10. The first-order chi connectivity index (χ1) is 19.3. The maximum atomic E-state index is 3.97. The molecule has 6 aromatic carbocycles. The molecule has 0 spiro atoms. The summed E-state index contributed by atoms with van der Waals surface area (Å²) in [4.78, 5) is 0. The molecular formula is C38H25Br. The van der Waals surface area contributed by atoms with Crippen molar-refractivity contribution in [2.75, 3.05) is 0 Å². The molecule has 39 heavy (non-hydrogen) atoms. The fourth-order valence-corrected chi connectivity index (χ4v) is 7.42. The molecule has 9 rings (SSSR count). The molecule has 0 unspecified atom stereocenters. The molecule has 0 N–H and O–H groups in total. The van der Waals surface area contributed by atoms with Gasteiger partial charge in [0.25, 0.3) is 0 Å². The third-order valence-corrected chi connectivity index (χ3v) is 9.24. The van der Waals surface area contributed by atoms with Crippen LogP contribution in [0.5, 0.6) is 0 Å². The highest BCUT2D eigenvalue weighted by atomic mass is 79.9. The Morgan fingerprint density at radius 3 is 1.44 bits per heavy atom. The summed E-state index contributed by atoms with van der Waals surface area (Å²) in [5.41, 5.74) is 16.2. The van der Waals surface area contributed by atoms with Crippen LogP contribution in [-0.2, 0) is 0 Å². The van der Waals surface area contributed by atoms with Gasteiger partial charge in [-0.05, 0) is 78.9 Å². The Bertz CT molecular complexity index is 1820. The molecule has 2 bridgehead atoms. The fraction of sp³-hybridized carbons (Fsp3) is 0.0526. The molecule has 3 aliphatic carbocycles. The summed E-state index contributed by atoms with van der Waals surface area (Å²) in [5, 5.41) is 0. The van der Waals surface area contributed by atoms with Crippen molar-refractivity contribution >= 4 is 15.9 Å². The van der Waals surface area contributed by atoms with Crippen molar-refractivity contribution in [2.45, 2.75) is 11.8 Å². The molecule has 0 nitrogen and oxygen atoms in total. The quantitative estimate of drug-likeness (QED) is 0.201. The molecule has 1 heteroatoms. The zero-order valence-electron chi connectivity index (χ0n) is 21.3. The molecule has 0 saturated heterocycles. The summed E-state index contributed by atoms with van der Waals surface area (Å²) in [7, 11) is 0. The van der Waals surface area contributed by atoms with Crippen LogP contribution < -0.4 is 0 Å². The van der Waals surface area contributed by atoms with Gasteiger partial charge in [0.1, 0.15) is 0 Å². The van der Waals surface area contributed by atoms with E-state index in [1.54, 1.807) is 0 Å². The van der Waals surface area contributed by atoms with Crippen molar-refractivity contribution in [3.05, 3.63) is 177 Å². The molecule has 0 heterocycles. The number of hydrogen-bond acceptors (Lipinski definition) is 0. The van der Waals surface area contributed by atoms with Gasteiger partial charge >= 0.3 is 0 Å². The van der Waals surface area contributed by atoms with E-state index in [0.717, 1.165) is 0 Å². The average Bonchev–Trinajstić information content (AvgIpc) is 3.01. The van der Waals surface area contributed by atoms with Crippen LogP contribution in [0.1, 0.15) is 45.2 Å². The van der Waals surface area contributed by atoms with Gasteiger partial charge in [-0.25, -0.2) is 0 Å². The van der Waals surface area contributed by atoms with Crippen LogP contribution in [0.15, 0.2) is 144 Å². The first-order valence-corrected chi connectivity index (χ1v) is 14.3. The zero-order valence-corrected chi connectivity index (χ0v) is 22.9. The monoisotopic (exact) mass is 560 g/mol. The van der Waals surface area contributed by atoms with Crippen molar-refractivity contribution in [3.63, 3.8) is 0 Å². The molecule has 3 aliphatic rings. The predicted octanol–water partition coefficient (Wildman–Crippen LogP) is 10.4. The average molecular weight is 562 g/mol. The van der Waals surface area contributed by atoms with Crippen molar-refractivity contribution in [1.82, 2.24) is 0 Å². The van der Waals surface area contributed by atoms with E-state index in [9.17, 15) is 0 Å². The number of rotatable bonds is 3. The Kier molecular flexibility index (Phi) is 5.21. The molecule has 6 aromatic rings. The van der Waals surface area contributed by atoms with Crippen LogP contribution in [-0.4, -0.2) is 0 Å². The van der Waals surface area contributed by atoms with Crippen LogP contribution >= 0.6 is 15.9 Å². The first kappa shape index (κ1) is 22.8. The van der Waals surface area contributed by atoms with Gasteiger partial charge in [-0.1, -0.05) is 143 Å². The van der Waals surface area contributed by atoms with Gasteiger partial charge in [0.15, 0.2) is 0 Å². The van der Waals surface area contributed by atoms with E-state index in [1.807, 2.05) is 0 Å². The van der Waals surface area contributed by atoms with Crippen LogP contribution in [0.2, 0.25) is 0 Å². The minimum absolute atomic E-state index is 0.235. The van der Waals surface area contributed by atoms with E-state index in [-0.39, 0.29) is 11.8 Å². The summed E-state index contributed by atoms with van der Waals surface area (Å²) in [5.74, 6) is 0.485. The van der Waals surface area contributed by atoms with Gasteiger partial charge in [0.05, 0.1) is 0 Å². The highest BCUT2D eigenvalue weighted by Gasteiger charge is 2.43. The maximum absolute atomic E-state index is 3.97. The molecule has 184 valence electrons. The van der Waals surface area contributed by atoms with E-state index in [0.29, 0.717) is 0 Å². The third-order valence-electron chi connectivity index (χ3n) is 8.55. The number of halogens is 1. The lowest BCUT2D eigenvalue weighted by Gasteiger charge is -2.43. The lowest BCUT2D eigenvalue weighted by atomic mass is 9.60. The second-order valence-corrected chi connectivity index (χ2v) is 11.4. The van der Waals surface area contributed by atoms with Gasteiger partial charge in [-0.15, -0.1) is 0 Å². The van der Waals surface area contributed by atoms with Gasteiger partial charge in [0, 0.05) is 16.3 Å². The van der Waals surface area contributed by atoms with E-state index in [4.69, 9.17) is 0 Å². The Hall–Kier alpha value is -4.20. The van der Waals surface area contributed by atoms with Crippen molar-refractivity contribution in [2.24, 2.45) is 0 Å². The van der Waals surface area contributed by atoms with E-state index >= 15 is 0 Å². The van der Waals surface area contributed by atoms with Crippen LogP contribution in [0, 0.1) is 0 Å². The molecule has 0 saturated carbocycles. The smallest absolute Gasteiger partial charge is 0.0360 e. The topological polar surface area (TPSA) is 0 Å². The van der Waals surface area contributed by atoms with Crippen molar-refractivity contribution in [3.8, 4) is 33.4 Å². The van der Waals surface area contributed by atoms with Crippen LogP contribution in [0.3, 0.4) is 0 Å². The van der Waals surface area contributed by atoms with E-state index < -0.39 is 0 Å². The van der Waals surface area contributed by atoms with Gasteiger partial charge in [-0.2, -0.15) is 0 Å². The maximum Gasteiger partial charge on any atom is 0.0360 e. The second-order valence-electron chi connectivity index (χ2n) is 10.6. The Morgan fingerprint density at radius 1 is 0.359 bits per heavy atom. The number of benzene rings is 6. The SMILES string of the molecule is Brc1ccc(-c2cccc(-c3ccc(-c4ccccc4)cc3)c2)c2c1C1c3ccccc3C2c2ccccc21. The van der Waals surface area contributed by atoms with E-state index in [1.165, 1.54) is 71.2 Å². The standard InChI is InChI=1S/C38H25Br/c39-34-22-21-29(28-12-8-11-27(23-28)26-19-17-25(18-20-26)24-9-2-1-3-10-24)37-35-30-13-4-6-15-32(30)36(38(34)37)33-16-7-5-14-31(33)35/h1-23,35-36H. The molecule has 0 aromatic heterocycles. The molecule has 0 radical (unpaired) electrons. The minimum atomic E-state index is 0.235. The van der Waals surface area contributed by atoms with Crippen molar-refractivity contribution in [1.29, 1.82) is 0 Å².